The number of halogens is 1. The number of esters is 1. The molecule has 3 aromatic carbocycles. The molecule has 0 saturated heterocycles. The number of rotatable bonds is 4. The molecule has 4 rings (SSSR count). The number of carbonyl (C=O) groups is 1. The van der Waals surface area contributed by atoms with Crippen molar-refractivity contribution in [2.45, 2.75) is 0 Å². The molecule has 1 heterocycles. The van der Waals surface area contributed by atoms with E-state index in [-0.39, 0.29) is 5.56 Å². The minimum absolute atomic E-state index is 0.257. The van der Waals surface area contributed by atoms with Gasteiger partial charge in [0.15, 0.2) is 0 Å². The van der Waals surface area contributed by atoms with Crippen LogP contribution in [0.3, 0.4) is 0 Å². The van der Waals surface area contributed by atoms with E-state index in [2.05, 4.69) is 15.4 Å². The van der Waals surface area contributed by atoms with Crippen LogP contribution < -0.4 is 0 Å². The first-order valence-corrected chi connectivity index (χ1v) is 8.62. The van der Waals surface area contributed by atoms with Crippen molar-refractivity contribution in [3.05, 3.63) is 89.1 Å². The quantitative estimate of drug-likeness (QED) is 0.397. The van der Waals surface area contributed by atoms with Crippen LogP contribution in [0.1, 0.15) is 15.9 Å². The number of benzene rings is 3. The summed E-state index contributed by atoms with van der Waals surface area (Å²) in [6.45, 7) is 0. The van der Waals surface area contributed by atoms with Crippen LogP contribution in [-0.4, -0.2) is 21.4 Å². The van der Waals surface area contributed by atoms with E-state index in [0.29, 0.717) is 16.1 Å². The Bertz CT molecular complexity index is 1140. The minimum atomic E-state index is -0.551. The maximum absolute atomic E-state index is 12.4. The van der Waals surface area contributed by atoms with Crippen LogP contribution in [0.4, 0.5) is 0 Å². The largest absolute Gasteiger partial charge is 0.431 e. The third-order valence-corrected chi connectivity index (χ3v) is 4.29. The second kappa shape index (κ2) is 7.43. The predicted molar refractivity (Wildman–Crippen MR) is 105 cm³/mol. The van der Waals surface area contributed by atoms with Crippen molar-refractivity contribution in [3.8, 4) is 11.1 Å². The summed E-state index contributed by atoms with van der Waals surface area (Å²) in [6.07, 6.45) is 3.13. The Morgan fingerprint density at radius 1 is 1.00 bits per heavy atom. The summed E-state index contributed by atoms with van der Waals surface area (Å²) in [5.41, 5.74) is 4.26. The Morgan fingerprint density at radius 2 is 1.78 bits per heavy atom. The Hall–Kier alpha value is -3.44. The fourth-order valence-corrected chi connectivity index (χ4v) is 3.04. The zero-order chi connectivity index (χ0) is 18.6. The van der Waals surface area contributed by atoms with Crippen molar-refractivity contribution in [2.75, 3.05) is 0 Å². The third kappa shape index (κ3) is 3.59. The van der Waals surface area contributed by atoms with E-state index in [1.165, 1.54) is 12.3 Å². The predicted octanol–water partition coefficient (Wildman–Crippen LogP) is 5.11. The average Bonchev–Trinajstić information content (AvgIpc) is 3.16. The molecule has 1 N–H and O–H groups in total. The second-order valence-electron chi connectivity index (χ2n) is 5.81. The smallest absolute Gasteiger partial charge is 0.345 e. The molecular weight excluding hydrogens is 362 g/mol. The number of hydrogen-bond acceptors (Lipinski definition) is 4. The lowest BCUT2D eigenvalue weighted by atomic mass is 10.00. The van der Waals surface area contributed by atoms with Gasteiger partial charge >= 0.3 is 5.97 Å². The van der Waals surface area contributed by atoms with Gasteiger partial charge in [-0.15, -0.1) is 0 Å². The molecule has 0 bridgehead atoms. The van der Waals surface area contributed by atoms with Crippen LogP contribution >= 0.6 is 11.6 Å². The van der Waals surface area contributed by atoms with E-state index >= 15 is 0 Å². The van der Waals surface area contributed by atoms with Gasteiger partial charge in [-0.2, -0.15) is 15.4 Å². The Morgan fingerprint density at radius 3 is 2.63 bits per heavy atom. The number of ether oxygens (including phenoxy) is 1. The molecule has 0 aliphatic rings. The molecule has 0 aliphatic carbocycles. The molecular formula is C21H14ClN3O2. The van der Waals surface area contributed by atoms with Crippen LogP contribution in [0.15, 0.2) is 73.0 Å². The summed E-state index contributed by atoms with van der Waals surface area (Å²) in [6, 6.07) is 21.0. The average molecular weight is 376 g/mol. The van der Waals surface area contributed by atoms with Gasteiger partial charge in [0, 0.05) is 5.02 Å². The van der Waals surface area contributed by atoms with E-state index in [4.69, 9.17) is 16.3 Å². The monoisotopic (exact) mass is 375 g/mol. The topological polar surface area (TPSA) is 67.9 Å². The normalized spacial score (nSPS) is 11.1. The maximum atomic E-state index is 12.4. The first kappa shape index (κ1) is 17.0. The molecule has 0 amide bonds. The summed E-state index contributed by atoms with van der Waals surface area (Å²) in [5.74, 6) is -0.551. The Labute approximate surface area is 160 Å². The zero-order valence-electron chi connectivity index (χ0n) is 14.1. The lowest BCUT2D eigenvalue weighted by Crippen LogP contribution is -2.02. The summed E-state index contributed by atoms with van der Waals surface area (Å²) >= 11 is 6.04. The Kier molecular flexibility index (Phi) is 4.68. The summed E-state index contributed by atoms with van der Waals surface area (Å²) in [5, 5.41) is 10.8. The van der Waals surface area contributed by atoms with Gasteiger partial charge in [0.2, 0.25) is 0 Å². The molecule has 4 aromatic rings. The van der Waals surface area contributed by atoms with Gasteiger partial charge in [0.1, 0.15) is 11.0 Å². The van der Waals surface area contributed by atoms with E-state index in [0.717, 1.165) is 16.7 Å². The summed E-state index contributed by atoms with van der Waals surface area (Å²) < 4.78 is 5.30. The molecule has 6 heteroatoms. The molecule has 0 spiro atoms. The van der Waals surface area contributed by atoms with Gasteiger partial charge in [0.05, 0.1) is 11.8 Å². The number of hydrogen-bond donors (Lipinski definition) is 1. The number of aromatic nitrogens is 3. The highest BCUT2D eigenvalue weighted by molar-refractivity contribution is 6.31. The molecule has 132 valence electrons. The molecule has 0 saturated carbocycles. The van der Waals surface area contributed by atoms with Gasteiger partial charge in [-0.05, 0) is 34.9 Å². The van der Waals surface area contributed by atoms with Gasteiger partial charge in [0.25, 0.3) is 0 Å². The fourth-order valence-electron chi connectivity index (χ4n) is 2.83. The third-order valence-electron chi connectivity index (χ3n) is 4.08. The lowest BCUT2D eigenvalue weighted by Gasteiger charge is -2.06. The molecule has 0 radical (unpaired) electrons. The molecule has 0 atom stereocenters. The van der Waals surface area contributed by atoms with Crippen LogP contribution in [0.2, 0.25) is 5.02 Å². The van der Waals surface area contributed by atoms with Crippen LogP contribution in [0, 0.1) is 0 Å². The zero-order valence-corrected chi connectivity index (χ0v) is 14.9. The number of carbonyl (C=O) groups excluding carboxylic acids is 1. The molecule has 1 aromatic heterocycles. The van der Waals surface area contributed by atoms with Gasteiger partial charge in [-0.25, -0.2) is 4.79 Å². The van der Waals surface area contributed by atoms with Gasteiger partial charge in [-0.3, -0.25) is 0 Å². The van der Waals surface area contributed by atoms with Crippen LogP contribution in [-0.2, 0) is 4.74 Å². The van der Waals surface area contributed by atoms with Crippen molar-refractivity contribution >= 4 is 34.7 Å². The molecule has 0 aliphatic heterocycles. The van der Waals surface area contributed by atoms with Crippen LogP contribution in [0.25, 0.3) is 28.2 Å². The molecule has 0 unspecified atom stereocenters. The van der Waals surface area contributed by atoms with E-state index in [9.17, 15) is 4.79 Å². The van der Waals surface area contributed by atoms with Crippen molar-refractivity contribution in [1.82, 2.24) is 15.4 Å². The van der Waals surface area contributed by atoms with E-state index < -0.39 is 5.97 Å². The first-order chi connectivity index (χ1) is 13.2. The number of H-pyrrole nitrogens is 1. The van der Waals surface area contributed by atoms with Gasteiger partial charge < -0.3 is 4.74 Å². The SMILES string of the molecule is O=C(O/C=C/c1ccccc1-c1ccccc1)c1cc(Cl)cc2n[nH]nc12. The van der Waals surface area contributed by atoms with E-state index in [1.807, 2.05) is 54.6 Å². The molecule has 5 nitrogen and oxygen atoms in total. The highest BCUT2D eigenvalue weighted by Crippen LogP contribution is 2.25. The van der Waals surface area contributed by atoms with Crippen molar-refractivity contribution < 1.29 is 9.53 Å². The minimum Gasteiger partial charge on any atom is -0.431 e. The fraction of sp³-hybridized carbons (Fsp3) is 0. The maximum Gasteiger partial charge on any atom is 0.345 e. The second-order valence-corrected chi connectivity index (χ2v) is 6.24. The van der Waals surface area contributed by atoms with E-state index in [1.54, 1.807) is 12.1 Å². The number of fused-ring (bicyclic) bond motifs is 1. The molecule has 0 fully saturated rings. The number of aromatic amines is 1. The summed E-state index contributed by atoms with van der Waals surface area (Å²) in [7, 11) is 0. The van der Waals surface area contributed by atoms with Crippen molar-refractivity contribution in [3.63, 3.8) is 0 Å². The number of nitrogens with one attached hydrogen (secondary N) is 1. The standard InChI is InChI=1S/C21H14ClN3O2/c22-16-12-18(20-19(13-16)23-25-24-20)21(26)27-11-10-15-8-4-5-9-17(15)14-6-2-1-3-7-14/h1-13H,(H,23,24,25)/b11-10+. The first-order valence-electron chi connectivity index (χ1n) is 8.24. The van der Waals surface area contributed by atoms with Crippen LogP contribution in [0.5, 0.6) is 0 Å². The van der Waals surface area contributed by atoms with Crippen molar-refractivity contribution in [2.24, 2.45) is 0 Å². The lowest BCUT2D eigenvalue weighted by molar-refractivity contribution is 0.0667. The Balaban J connectivity index is 1.58. The molecule has 27 heavy (non-hydrogen) atoms. The highest BCUT2D eigenvalue weighted by Gasteiger charge is 2.15. The van der Waals surface area contributed by atoms with Gasteiger partial charge in [-0.1, -0.05) is 66.2 Å². The summed E-state index contributed by atoms with van der Waals surface area (Å²) in [4.78, 5) is 12.4. The number of nitrogens with zero attached hydrogens (tertiary/aromatic N) is 2. The highest BCUT2D eigenvalue weighted by atomic mass is 35.5. The van der Waals surface area contributed by atoms with Crippen molar-refractivity contribution in [1.29, 1.82) is 0 Å².